The first-order chi connectivity index (χ1) is 9.72. The van der Waals surface area contributed by atoms with E-state index in [0.717, 1.165) is 38.0 Å². The molecular formula is C15H22FNO3. The van der Waals surface area contributed by atoms with E-state index in [2.05, 4.69) is 4.90 Å². The van der Waals surface area contributed by atoms with Crippen molar-refractivity contribution >= 4 is 0 Å². The van der Waals surface area contributed by atoms with Crippen LogP contribution in [-0.4, -0.2) is 49.5 Å². The maximum absolute atomic E-state index is 13.6. The number of likely N-dealkylation sites (tertiary alicyclic amines) is 1. The molecular weight excluding hydrogens is 261 g/mol. The summed E-state index contributed by atoms with van der Waals surface area (Å²) in [5, 5.41) is 8.73. The number of aliphatic hydroxyl groups excluding tert-OH is 1. The molecule has 1 aliphatic rings. The molecule has 2 rings (SSSR count). The molecule has 0 aliphatic carbocycles. The van der Waals surface area contributed by atoms with Gasteiger partial charge in [-0.2, -0.15) is 0 Å². The fourth-order valence-electron chi connectivity index (χ4n) is 2.52. The molecule has 1 saturated heterocycles. The SMILES string of the molecule is COc1ccc(CN2CCC(OCCO)CC2)cc1F. The lowest BCUT2D eigenvalue weighted by atomic mass is 10.1. The summed E-state index contributed by atoms with van der Waals surface area (Å²) in [5.41, 5.74) is 0.957. The Kier molecular flexibility index (Phi) is 5.76. The monoisotopic (exact) mass is 283 g/mol. The average molecular weight is 283 g/mol. The van der Waals surface area contributed by atoms with Crippen LogP contribution in [0.3, 0.4) is 0 Å². The van der Waals surface area contributed by atoms with Gasteiger partial charge in [0.25, 0.3) is 0 Å². The number of piperidine rings is 1. The quantitative estimate of drug-likeness (QED) is 0.864. The highest BCUT2D eigenvalue weighted by Gasteiger charge is 2.19. The number of aliphatic hydroxyl groups is 1. The van der Waals surface area contributed by atoms with Crippen LogP contribution >= 0.6 is 0 Å². The van der Waals surface area contributed by atoms with Crippen LogP contribution in [0.1, 0.15) is 18.4 Å². The lowest BCUT2D eigenvalue weighted by Gasteiger charge is -2.31. The van der Waals surface area contributed by atoms with Gasteiger partial charge in [0, 0.05) is 19.6 Å². The second kappa shape index (κ2) is 7.57. The number of halogens is 1. The number of rotatable bonds is 6. The largest absolute Gasteiger partial charge is 0.494 e. The summed E-state index contributed by atoms with van der Waals surface area (Å²) in [6, 6.07) is 5.10. The number of benzene rings is 1. The van der Waals surface area contributed by atoms with Crippen LogP contribution in [0.15, 0.2) is 18.2 Å². The van der Waals surface area contributed by atoms with E-state index in [1.807, 2.05) is 6.07 Å². The molecule has 0 atom stereocenters. The van der Waals surface area contributed by atoms with Crippen LogP contribution in [0.4, 0.5) is 4.39 Å². The van der Waals surface area contributed by atoms with Gasteiger partial charge in [-0.3, -0.25) is 4.90 Å². The summed E-state index contributed by atoms with van der Waals surface area (Å²) in [6.07, 6.45) is 2.16. The fraction of sp³-hybridized carbons (Fsp3) is 0.600. The Bertz CT molecular complexity index is 420. The lowest BCUT2D eigenvalue weighted by Crippen LogP contribution is -2.36. The Morgan fingerprint density at radius 3 is 2.70 bits per heavy atom. The molecule has 1 N–H and O–H groups in total. The molecule has 4 nitrogen and oxygen atoms in total. The molecule has 0 spiro atoms. The van der Waals surface area contributed by atoms with Crippen LogP contribution in [0.2, 0.25) is 0 Å². The second-order valence-corrected chi connectivity index (χ2v) is 5.04. The van der Waals surface area contributed by atoms with Gasteiger partial charge in [0.1, 0.15) is 0 Å². The van der Waals surface area contributed by atoms with Crippen molar-refractivity contribution in [3.05, 3.63) is 29.6 Å². The Labute approximate surface area is 119 Å². The third-order valence-electron chi connectivity index (χ3n) is 3.60. The Morgan fingerprint density at radius 1 is 1.35 bits per heavy atom. The van der Waals surface area contributed by atoms with Gasteiger partial charge in [-0.25, -0.2) is 4.39 Å². The van der Waals surface area contributed by atoms with Crippen molar-refractivity contribution in [2.24, 2.45) is 0 Å². The third-order valence-corrected chi connectivity index (χ3v) is 3.60. The highest BCUT2D eigenvalue weighted by molar-refractivity contribution is 5.29. The smallest absolute Gasteiger partial charge is 0.165 e. The third kappa shape index (κ3) is 4.16. The van der Waals surface area contributed by atoms with Crippen molar-refractivity contribution in [2.75, 3.05) is 33.4 Å². The summed E-state index contributed by atoms with van der Waals surface area (Å²) >= 11 is 0. The molecule has 1 fully saturated rings. The standard InChI is InChI=1S/C15H22FNO3/c1-19-15-3-2-12(10-14(15)16)11-17-6-4-13(5-7-17)20-9-8-18/h2-3,10,13,18H,4-9,11H2,1H3. The average Bonchev–Trinajstić information content (AvgIpc) is 2.47. The first-order valence-electron chi connectivity index (χ1n) is 7.00. The minimum atomic E-state index is -0.314. The van der Waals surface area contributed by atoms with E-state index < -0.39 is 0 Å². The Balaban J connectivity index is 1.82. The maximum Gasteiger partial charge on any atom is 0.165 e. The summed E-state index contributed by atoms with van der Waals surface area (Å²) in [5.74, 6) is -0.0315. The molecule has 1 heterocycles. The first-order valence-corrected chi connectivity index (χ1v) is 7.00. The maximum atomic E-state index is 13.6. The van der Waals surface area contributed by atoms with Crippen molar-refractivity contribution in [1.82, 2.24) is 4.90 Å². The number of methoxy groups -OCH3 is 1. The van der Waals surface area contributed by atoms with Crippen LogP contribution in [0.25, 0.3) is 0 Å². The van der Waals surface area contributed by atoms with E-state index in [-0.39, 0.29) is 24.3 Å². The molecule has 1 aliphatic heterocycles. The van der Waals surface area contributed by atoms with Gasteiger partial charge < -0.3 is 14.6 Å². The minimum Gasteiger partial charge on any atom is -0.494 e. The molecule has 1 aromatic rings. The van der Waals surface area contributed by atoms with E-state index in [1.54, 1.807) is 6.07 Å². The zero-order chi connectivity index (χ0) is 14.4. The summed E-state index contributed by atoms with van der Waals surface area (Å²) in [4.78, 5) is 2.29. The van der Waals surface area contributed by atoms with Crippen LogP contribution < -0.4 is 4.74 Å². The van der Waals surface area contributed by atoms with Crippen molar-refractivity contribution in [3.63, 3.8) is 0 Å². The van der Waals surface area contributed by atoms with Crippen LogP contribution in [0.5, 0.6) is 5.75 Å². The summed E-state index contributed by atoms with van der Waals surface area (Å²) in [6.45, 7) is 3.10. The molecule has 0 unspecified atom stereocenters. The molecule has 0 aromatic heterocycles. The zero-order valence-corrected chi connectivity index (χ0v) is 11.8. The van der Waals surface area contributed by atoms with E-state index in [9.17, 15) is 4.39 Å². The first kappa shape index (κ1) is 15.2. The van der Waals surface area contributed by atoms with Gasteiger partial charge in [-0.15, -0.1) is 0 Å². The van der Waals surface area contributed by atoms with Gasteiger partial charge in [0.2, 0.25) is 0 Å². The Morgan fingerprint density at radius 2 is 2.10 bits per heavy atom. The van der Waals surface area contributed by atoms with Crippen molar-refractivity contribution in [2.45, 2.75) is 25.5 Å². The predicted octanol–water partition coefficient (Wildman–Crippen LogP) is 1.81. The van der Waals surface area contributed by atoms with Gasteiger partial charge in [0.15, 0.2) is 11.6 Å². The number of hydrogen-bond acceptors (Lipinski definition) is 4. The van der Waals surface area contributed by atoms with E-state index >= 15 is 0 Å². The van der Waals surface area contributed by atoms with Crippen LogP contribution in [-0.2, 0) is 11.3 Å². The summed E-state index contributed by atoms with van der Waals surface area (Å²) < 4.78 is 24.1. The number of nitrogens with zero attached hydrogens (tertiary/aromatic N) is 1. The highest BCUT2D eigenvalue weighted by atomic mass is 19.1. The predicted molar refractivity (Wildman–Crippen MR) is 74.3 cm³/mol. The second-order valence-electron chi connectivity index (χ2n) is 5.04. The topological polar surface area (TPSA) is 41.9 Å². The summed E-state index contributed by atoms with van der Waals surface area (Å²) in [7, 11) is 1.47. The van der Waals surface area contributed by atoms with Crippen molar-refractivity contribution in [1.29, 1.82) is 0 Å². The fourth-order valence-corrected chi connectivity index (χ4v) is 2.52. The van der Waals surface area contributed by atoms with Crippen molar-refractivity contribution in [3.8, 4) is 5.75 Å². The molecule has 0 radical (unpaired) electrons. The minimum absolute atomic E-state index is 0.0747. The molecule has 5 heteroatoms. The lowest BCUT2D eigenvalue weighted by molar-refractivity contribution is -0.00902. The Hall–Kier alpha value is -1.17. The molecule has 112 valence electrons. The molecule has 1 aromatic carbocycles. The van der Waals surface area contributed by atoms with Gasteiger partial charge in [-0.1, -0.05) is 6.07 Å². The number of hydrogen-bond donors (Lipinski definition) is 1. The van der Waals surface area contributed by atoms with E-state index in [1.165, 1.54) is 13.2 Å². The normalized spacial score (nSPS) is 17.4. The van der Waals surface area contributed by atoms with E-state index in [0.29, 0.717) is 6.61 Å². The van der Waals surface area contributed by atoms with Gasteiger partial charge in [0.05, 0.1) is 26.4 Å². The van der Waals surface area contributed by atoms with Gasteiger partial charge >= 0.3 is 0 Å². The highest BCUT2D eigenvalue weighted by Crippen LogP contribution is 2.20. The number of ether oxygens (including phenoxy) is 2. The molecule has 0 bridgehead atoms. The van der Waals surface area contributed by atoms with Crippen LogP contribution in [0, 0.1) is 5.82 Å². The molecule has 20 heavy (non-hydrogen) atoms. The zero-order valence-electron chi connectivity index (χ0n) is 11.8. The van der Waals surface area contributed by atoms with E-state index in [4.69, 9.17) is 14.6 Å². The molecule has 0 amide bonds. The van der Waals surface area contributed by atoms with Crippen molar-refractivity contribution < 1.29 is 19.0 Å². The van der Waals surface area contributed by atoms with Gasteiger partial charge in [-0.05, 0) is 30.5 Å². The molecule has 0 saturated carbocycles.